The molecule has 9 nitrogen and oxygen atoms in total. The highest BCUT2D eigenvalue weighted by atomic mass is 32.2. The number of anilines is 2. The van der Waals surface area contributed by atoms with E-state index in [0.29, 0.717) is 21.5 Å². The van der Waals surface area contributed by atoms with Gasteiger partial charge in [0.15, 0.2) is 0 Å². The van der Waals surface area contributed by atoms with Gasteiger partial charge in [-0.2, -0.15) is 9.36 Å². The van der Waals surface area contributed by atoms with Crippen LogP contribution in [0, 0.1) is 10.1 Å². The lowest BCUT2D eigenvalue weighted by Crippen LogP contribution is -2.19. The monoisotopic (exact) mass is 551 g/mol. The summed E-state index contributed by atoms with van der Waals surface area (Å²) >= 11 is 4.04. The largest absolute Gasteiger partial charge is 0.322 e. The molecule has 4 aromatic rings. The van der Waals surface area contributed by atoms with Gasteiger partial charge in [-0.05, 0) is 47.7 Å². The number of carbonyl (C=O) groups excluding carboxylic acids is 2. The highest BCUT2D eigenvalue weighted by molar-refractivity contribution is 8.00. The van der Waals surface area contributed by atoms with Gasteiger partial charge in [-0.3, -0.25) is 25.0 Å². The van der Waals surface area contributed by atoms with E-state index < -0.39 is 10.2 Å². The number of nitrogens with one attached hydrogen (secondary N) is 2. The Kier molecular flexibility index (Phi) is 8.88. The molecule has 0 fully saturated rings. The summed E-state index contributed by atoms with van der Waals surface area (Å²) in [6.07, 6.45) is 0. The molecule has 0 saturated heterocycles. The van der Waals surface area contributed by atoms with Gasteiger partial charge in [-0.15, -0.1) is 11.8 Å². The maximum atomic E-state index is 13.2. The molecule has 3 aromatic carbocycles. The fourth-order valence-corrected chi connectivity index (χ4v) is 5.51. The molecule has 0 aliphatic rings. The van der Waals surface area contributed by atoms with E-state index in [1.54, 1.807) is 12.1 Å². The Bertz CT molecular complexity index is 1380. The standard InChI is InChI=1S/C25H21N5O4S3/c1-2-35-25-28-24(37-29-25)27-23(32)21(16-6-4-3-5-7-16)36-20-14-10-18(11-15-20)26-22(31)17-8-12-19(13-9-17)30(33)34/h3-15,21H,2H2,1H3,(H,26,31)(H,27,28,29,32). The lowest BCUT2D eigenvalue weighted by atomic mass is 10.1. The molecule has 12 heteroatoms. The second-order valence-electron chi connectivity index (χ2n) is 7.50. The molecule has 0 saturated carbocycles. The van der Waals surface area contributed by atoms with Crippen LogP contribution in [0.4, 0.5) is 16.5 Å². The van der Waals surface area contributed by atoms with Crippen LogP contribution in [-0.4, -0.2) is 31.8 Å². The van der Waals surface area contributed by atoms with Crippen LogP contribution in [-0.2, 0) is 4.79 Å². The SMILES string of the molecule is CCSc1nsc(NC(=O)C(Sc2ccc(NC(=O)c3ccc([N+](=O)[O-])cc3)cc2)c2ccccc2)n1. The molecule has 4 rings (SSSR count). The van der Waals surface area contributed by atoms with Crippen LogP contribution >= 0.6 is 35.1 Å². The van der Waals surface area contributed by atoms with Crippen LogP contribution in [0.1, 0.15) is 28.1 Å². The second kappa shape index (κ2) is 12.5. The van der Waals surface area contributed by atoms with E-state index in [9.17, 15) is 19.7 Å². The van der Waals surface area contributed by atoms with E-state index in [2.05, 4.69) is 20.0 Å². The van der Waals surface area contributed by atoms with Crippen molar-refractivity contribution < 1.29 is 14.5 Å². The van der Waals surface area contributed by atoms with Crippen molar-refractivity contribution in [3.8, 4) is 0 Å². The van der Waals surface area contributed by atoms with Crippen molar-refractivity contribution >= 4 is 63.4 Å². The summed E-state index contributed by atoms with van der Waals surface area (Å²) in [5.74, 6) is 0.252. The number of nitro benzene ring substituents is 1. The van der Waals surface area contributed by atoms with Crippen LogP contribution in [0.25, 0.3) is 0 Å². The first-order chi connectivity index (χ1) is 17.9. The highest BCUT2D eigenvalue weighted by Gasteiger charge is 2.23. The maximum absolute atomic E-state index is 13.2. The summed E-state index contributed by atoms with van der Waals surface area (Å²) < 4.78 is 4.25. The lowest BCUT2D eigenvalue weighted by Gasteiger charge is -2.16. The Morgan fingerprint density at radius 1 is 1.00 bits per heavy atom. The van der Waals surface area contributed by atoms with Crippen LogP contribution < -0.4 is 10.6 Å². The van der Waals surface area contributed by atoms with Crippen LogP contribution in [0.3, 0.4) is 0 Å². The van der Waals surface area contributed by atoms with Crippen molar-refractivity contribution in [3.63, 3.8) is 0 Å². The average Bonchev–Trinajstić information content (AvgIpc) is 3.35. The van der Waals surface area contributed by atoms with E-state index in [4.69, 9.17) is 0 Å². The number of nitro groups is 1. The summed E-state index contributed by atoms with van der Waals surface area (Å²) in [5.41, 5.74) is 1.62. The van der Waals surface area contributed by atoms with Crippen molar-refractivity contribution in [2.24, 2.45) is 0 Å². The molecule has 2 amide bonds. The van der Waals surface area contributed by atoms with E-state index >= 15 is 0 Å². The van der Waals surface area contributed by atoms with E-state index in [-0.39, 0.29) is 17.5 Å². The van der Waals surface area contributed by atoms with Gasteiger partial charge in [0.1, 0.15) is 5.25 Å². The van der Waals surface area contributed by atoms with Gasteiger partial charge >= 0.3 is 0 Å². The zero-order valence-corrected chi connectivity index (χ0v) is 21.9. The Hall–Kier alpha value is -3.74. The molecule has 1 unspecified atom stereocenters. The number of hydrogen-bond donors (Lipinski definition) is 2. The van der Waals surface area contributed by atoms with Gasteiger partial charge in [0.25, 0.3) is 11.6 Å². The number of rotatable bonds is 10. The third kappa shape index (κ3) is 7.15. The molecule has 0 aliphatic heterocycles. The Morgan fingerprint density at radius 3 is 2.35 bits per heavy atom. The van der Waals surface area contributed by atoms with E-state index in [0.717, 1.165) is 27.7 Å². The average molecular weight is 552 g/mol. The molecule has 0 radical (unpaired) electrons. The van der Waals surface area contributed by atoms with Gasteiger partial charge < -0.3 is 5.32 Å². The Balaban J connectivity index is 1.44. The van der Waals surface area contributed by atoms with Crippen LogP contribution in [0.15, 0.2) is 88.9 Å². The molecule has 1 heterocycles. The van der Waals surface area contributed by atoms with E-state index in [1.165, 1.54) is 47.8 Å². The Labute approximate surface area is 225 Å². The molecular formula is C25H21N5O4S3. The van der Waals surface area contributed by atoms with Gasteiger partial charge in [0, 0.05) is 39.8 Å². The number of amides is 2. The summed E-state index contributed by atoms with van der Waals surface area (Å²) in [6, 6.07) is 22.0. The molecule has 0 aliphatic carbocycles. The van der Waals surface area contributed by atoms with Crippen molar-refractivity contribution in [2.45, 2.75) is 22.2 Å². The normalized spacial score (nSPS) is 11.5. The fourth-order valence-electron chi connectivity index (χ4n) is 3.21. The number of hydrogen-bond acceptors (Lipinski definition) is 9. The van der Waals surface area contributed by atoms with Crippen molar-refractivity contribution in [1.82, 2.24) is 9.36 Å². The number of aromatic nitrogens is 2. The zero-order chi connectivity index (χ0) is 26.2. The molecule has 0 spiro atoms. The summed E-state index contributed by atoms with van der Waals surface area (Å²) in [4.78, 5) is 41.2. The molecule has 1 atom stereocenters. The maximum Gasteiger partial charge on any atom is 0.269 e. The van der Waals surface area contributed by atoms with Crippen molar-refractivity contribution in [2.75, 3.05) is 16.4 Å². The minimum atomic E-state index is -0.534. The quantitative estimate of drug-likeness (QED) is 0.134. The van der Waals surface area contributed by atoms with Gasteiger partial charge in [-0.25, -0.2) is 0 Å². The van der Waals surface area contributed by atoms with Gasteiger partial charge in [0.05, 0.1) is 4.92 Å². The molecule has 188 valence electrons. The van der Waals surface area contributed by atoms with Gasteiger partial charge in [0.2, 0.25) is 16.2 Å². The zero-order valence-electron chi connectivity index (χ0n) is 19.5. The smallest absolute Gasteiger partial charge is 0.269 e. The van der Waals surface area contributed by atoms with Crippen molar-refractivity contribution in [3.05, 3.63) is 100 Å². The highest BCUT2D eigenvalue weighted by Crippen LogP contribution is 2.37. The topological polar surface area (TPSA) is 127 Å². The molecular weight excluding hydrogens is 531 g/mol. The summed E-state index contributed by atoms with van der Waals surface area (Å²) in [6.45, 7) is 2.01. The first-order valence-electron chi connectivity index (χ1n) is 11.1. The first-order valence-corrected chi connectivity index (χ1v) is 13.7. The number of nitrogens with zero attached hydrogens (tertiary/aromatic N) is 3. The number of carbonyl (C=O) groups is 2. The summed E-state index contributed by atoms with van der Waals surface area (Å²) in [5, 5.41) is 17.0. The van der Waals surface area contributed by atoms with E-state index in [1.807, 2.05) is 49.4 Å². The molecule has 2 N–H and O–H groups in total. The van der Waals surface area contributed by atoms with Gasteiger partial charge in [-0.1, -0.05) is 49.0 Å². The number of thioether (sulfide) groups is 2. The second-order valence-corrected chi connectivity index (χ2v) is 10.7. The fraction of sp³-hybridized carbons (Fsp3) is 0.120. The number of benzene rings is 3. The molecule has 0 bridgehead atoms. The lowest BCUT2D eigenvalue weighted by molar-refractivity contribution is -0.384. The minimum Gasteiger partial charge on any atom is -0.322 e. The summed E-state index contributed by atoms with van der Waals surface area (Å²) in [7, 11) is 0. The first kappa shape index (κ1) is 26.3. The Morgan fingerprint density at radius 2 is 1.70 bits per heavy atom. The molecule has 37 heavy (non-hydrogen) atoms. The predicted molar refractivity (Wildman–Crippen MR) is 147 cm³/mol. The molecule has 1 aromatic heterocycles. The third-order valence-corrected chi connectivity index (χ3v) is 7.70. The van der Waals surface area contributed by atoms with Crippen LogP contribution in [0.5, 0.6) is 0 Å². The van der Waals surface area contributed by atoms with Crippen molar-refractivity contribution in [1.29, 1.82) is 0 Å². The minimum absolute atomic E-state index is 0.0821. The van der Waals surface area contributed by atoms with Crippen LogP contribution in [0.2, 0.25) is 0 Å². The third-order valence-electron chi connectivity index (χ3n) is 4.96. The number of non-ortho nitro benzene ring substituents is 1. The predicted octanol–water partition coefficient (Wildman–Crippen LogP) is 6.28.